The second-order valence-electron chi connectivity index (χ2n) is 4.80. The van der Waals surface area contributed by atoms with Crippen molar-refractivity contribution in [1.82, 2.24) is 9.80 Å². The molecule has 1 heterocycles. The van der Waals surface area contributed by atoms with E-state index in [9.17, 15) is 4.79 Å². The number of aryl methyl sites for hydroxylation is 1. The van der Waals surface area contributed by atoms with Gasteiger partial charge >= 0.3 is 0 Å². The normalized spacial score (nSPS) is 12.8. The number of nitrogens with zero attached hydrogens (tertiary/aromatic N) is 2. The van der Waals surface area contributed by atoms with Gasteiger partial charge in [-0.1, -0.05) is 0 Å². The largest absolute Gasteiger partial charge is 0.469 e. The first kappa shape index (κ1) is 14.7. The Labute approximate surface area is 109 Å². The molecule has 1 unspecified atom stereocenters. The number of nitrogens with two attached hydrogens (primary N) is 1. The lowest BCUT2D eigenvalue weighted by Crippen LogP contribution is -2.41. The fourth-order valence-corrected chi connectivity index (χ4v) is 1.78. The molecule has 5 heteroatoms. The van der Waals surface area contributed by atoms with E-state index in [-0.39, 0.29) is 11.9 Å². The molecule has 0 aliphatic heterocycles. The van der Waals surface area contributed by atoms with Gasteiger partial charge in [-0.2, -0.15) is 0 Å². The molecule has 0 fully saturated rings. The van der Waals surface area contributed by atoms with Crippen molar-refractivity contribution in [1.29, 1.82) is 0 Å². The van der Waals surface area contributed by atoms with Crippen molar-refractivity contribution < 1.29 is 9.21 Å². The third-order valence-corrected chi connectivity index (χ3v) is 3.19. The van der Waals surface area contributed by atoms with Crippen molar-refractivity contribution in [2.75, 3.05) is 27.7 Å². The van der Waals surface area contributed by atoms with E-state index < -0.39 is 0 Å². The number of likely N-dealkylation sites (N-methyl/N-ethyl adjacent to an activating group) is 1. The fourth-order valence-electron chi connectivity index (χ4n) is 1.78. The summed E-state index contributed by atoms with van der Waals surface area (Å²) in [5, 5.41) is 0. The number of hydrogen-bond donors (Lipinski definition) is 1. The van der Waals surface area contributed by atoms with Crippen LogP contribution in [-0.2, 0) is 11.3 Å². The summed E-state index contributed by atoms with van der Waals surface area (Å²) in [7, 11) is 5.50. The molecule has 1 atom stereocenters. The fraction of sp³-hybridized carbons (Fsp3) is 0.615. The van der Waals surface area contributed by atoms with Crippen molar-refractivity contribution in [3.63, 3.8) is 0 Å². The van der Waals surface area contributed by atoms with Gasteiger partial charge in [0.15, 0.2) is 0 Å². The van der Waals surface area contributed by atoms with Crippen molar-refractivity contribution in [2.45, 2.75) is 25.9 Å². The van der Waals surface area contributed by atoms with Gasteiger partial charge in [-0.25, -0.2) is 0 Å². The van der Waals surface area contributed by atoms with Crippen molar-refractivity contribution in [3.8, 4) is 0 Å². The monoisotopic (exact) mass is 253 g/mol. The van der Waals surface area contributed by atoms with Crippen LogP contribution >= 0.6 is 0 Å². The zero-order chi connectivity index (χ0) is 13.7. The summed E-state index contributed by atoms with van der Waals surface area (Å²) >= 11 is 0. The van der Waals surface area contributed by atoms with E-state index in [0.29, 0.717) is 13.0 Å². The molecule has 0 aromatic carbocycles. The van der Waals surface area contributed by atoms with Crippen LogP contribution in [-0.4, -0.2) is 49.4 Å². The second-order valence-corrected chi connectivity index (χ2v) is 4.80. The standard InChI is InChI=1S/C13H23N3O2/c1-10-11(5-6-18-10)9-16(4)12(8-14)7-13(17)15(2)3/h5-6,12H,7-9,14H2,1-4H3. The summed E-state index contributed by atoms with van der Waals surface area (Å²) < 4.78 is 5.26. The minimum Gasteiger partial charge on any atom is -0.469 e. The molecule has 0 radical (unpaired) electrons. The molecule has 18 heavy (non-hydrogen) atoms. The third-order valence-electron chi connectivity index (χ3n) is 3.19. The van der Waals surface area contributed by atoms with Crippen LogP contribution in [0.4, 0.5) is 0 Å². The van der Waals surface area contributed by atoms with E-state index in [2.05, 4.69) is 4.90 Å². The molecule has 1 rings (SSSR count). The molecule has 0 saturated heterocycles. The molecule has 5 nitrogen and oxygen atoms in total. The van der Waals surface area contributed by atoms with Gasteiger partial charge in [-0.15, -0.1) is 0 Å². The van der Waals surface area contributed by atoms with Gasteiger partial charge in [0.1, 0.15) is 5.76 Å². The second kappa shape index (κ2) is 6.56. The van der Waals surface area contributed by atoms with Crippen LogP contribution in [0.15, 0.2) is 16.7 Å². The van der Waals surface area contributed by atoms with E-state index in [4.69, 9.17) is 10.2 Å². The molecule has 0 saturated carbocycles. The number of amides is 1. The molecule has 0 aliphatic carbocycles. The SMILES string of the molecule is Cc1occc1CN(C)C(CN)CC(=O)N(C)C. The van der Waals surface area contributed by atoms with Gasteiger partial charge in [0, 0.05) is 45.2 Å². The van der Waals surface area contributed by atoms with Crippen LogP contribution in [0.25, 0.3) is 0 Å². The Kier molecular flexibility index (Phi) is 5.37. The quantitative estimate of drug-likeness (QED) is 0.815. The maximum absolute atomic E-state index is 11.7. The van der Waals surface area contributed by atoms with E-state index in [0.717, 1.165) is 17.9 Å². The lowest BCUT2D eigenvalue weighted by molar-refractivity contribution is -0.129. The Balaban J connectivity index is 2.60. The number of carbonyl (C=O) groups excluding carboxylic acids is 1. The Morgan fingerprint density at radius 1 is 1.44 bits per heavy atom. The van der Waals surface area contributed by atoms with Gasteiger partial charge in [-0.3, -0.25) is 9.69 Å². The number of rotatable bonds is 6. The molecule has 102 valence electrons. The Hall–Kier alpha value is -1.33. The highest BCUT2D eigenvalue weighted by molar-refractivity contribution is 5.76. The summed E-state index contributed by atoms with van der Waals surface area (Å²) in [4.78, 5) is 15.4. The van der Waals surface area contributed by atoms with Crippen LogP contribution in [0.2, 0.25) is 0 Å². The van der Waals surface area contributed by atoms with Gasteiger partial charge in [0.2, 0.25) is 5.91 Å². The average molecular weight is 253 g/mol. The first-order chi connectivity index (χ1) is 8.45. The Bertz CT molecular complexity index is 387. The molecular weight excluding hydrogens is 230 g/mol. The van der Waals surface area contributed by atoms with E-state index in [1.807, 2.05) is 20.0 Å². The van der Waals surface area contributed by atoms with Crippen LogP contribution in [0, 0.1) is 6.92 Å². The molecule has 1 aromatic rings. The molecule has 0 bridgehead atoms. The van der Waals surface area contributed by atoms with Crippen LogP contribution in [0.3, 0.4) is 0 Å². The first-order valence-electron chi connectivity index (χ1n) is 6.09. The minimum absolute atomic E-state index is 0.0502. The van der Waals surface area contributed by atoms with Crippen LogP contribution in [0.1, 0.15) is 17.7 Å². The summed E-state index contributed by atoms with van der Waals surface area (Å²) in [5.74, 6) is 1.01. The smallest absolute Gasteiger partial charge is 0.223 e. The van der Waals surface area contributed by atoms with Gasteiger partial charge < -0.3 is 15.1 Å². The van der Waals surface area contributed by atoms with Crippen molar-refractivity contribution >= 4 is 5.91 Å². The lowest BCUT2D eigenvalue weighted by atomic mass is 10.1. The van der Waals surface area contributed by atoms with Crippen LogP contribution in [0.5, 0.6) is 0 Å². The van der Waals surface area contributed by atoms with Gasteiger partial charge in [0.05, 0.1) is 6.26 Å². The zero-order valence-electron chi connectivity index (χ0n) is 11.6. The van der Waals surface area contributed by atoms with E-state index in [1.54, 1.807) is 25.3 Å². The molecule has 2 N–H and O–H groups in total. The summed E-state index contributed by atoms with van der Waals surface area (Å²) in [5.41, 5.74) is 6.89. The van der Waals surface area contributed by atoms with Crippen LogP contribution < -0.4 is 5.73 Å². The molecule has 1 aromatic heterocycles. The highest BCUT2D eigenvalue weighted by Gasteiger charge is 2.19. The Morgan fingerprint density at radius 2 is 2.11 bits per heavy atom. The van der Waals surface area contributed by atoms with Gasteiger partial charge in [0.25, 0.3) is 0 Å². The zero-order valence-corrected chi connectivity index (χ0v) is 11.6. The molecule has 0 spiro atoms. The topological polar surface area (TPSA) is 62.7 Å². The van der Waals surface area contributed by atoms with Crippen molar-refractivity contribution in [3.05, 3.63) is 23.7 Å². The lowest BCUT2D eigenvalue weighted by Gasteiger charge is -2.27. The van der Waals surface area contributed by atoms with E-state index >= 15 is 0 Å². The maximum Gasteiger partial charge on any atom is 0.223 e. The number of carbonyl (C=O) groups is 1. The molecule has 1 amide bonds. The predicted octanol–water partition coefficient (Wildman–Crippen LogP) is 0.825. The number of hydrogen-bond acceptors (Lipinski definition) is 4. The van der Waals surface area contributed by atoms with E-state index in [1.165, 1.54) is 0 Å². The highest BCUT2D eigenvalue weighted by Crippen LogP contribution is 2.13. The number of furan rings is 1. The minimum atomic E-state index is 0.0502. The summed E-state index contributed by atoms with van der Waals surface area (Å²) in [6.07, 6.45) is 2.12. The molecule has 0 aliphatic rings. The predicted molar refractivity (Wildman–Crippen MR) is 71.1 cm³/mol. The Morgan fingerprint density at radius 3 is 2.56 bits per heavy atom. The maximum atomic E-state index is 11.7. The average Bonchev–Trinajstić information content (AvgIpc) is 2.71. The van der Waals surface area contributed by atoms with Gasteiger partial charge in [-0.05, 0) is 20.0 Å². The highest BCUT2D eigenvalue weighted by atomic mass is 16.3. The summed E-state index contributed by atoms with van der Waals surface area (Å²) in [6, 6.07) is 2.00. The first-order valence-corrected chi connectivity index (χ1v) is 6.09. The summed E-state index contributed by atoms with van der Waals surface area (Å²) in [6.45, 7) is 3.14. The molecular formula is C13H23N3O2. The van der Waals surface area contributed by atoms with Crippen molar-refractivity contribution in [2.24, 2.45) is 5.73 Å². The third kappa shape index (κ3) is 3.85.